The minimum atomic E-state index is -0.899. The van der Waals surface area contributed by atoms with Gasteiger partial charge in [0.1, 0.15) is 0 Å². The molecule has 4 rings (SSSR count). The fraction of sp³-hybridized carbons (Fsp3) is 0.333. The van der Waals surface area contributed by atoms with Gasteiger partial charge in [-0.1, -0.05) is 54.4 Å². The minimum absolute atomic E-state index is 0.263. The Morgan fingerprint density at radius 1 is 1.04 bits per heavy atom. The average Bonchev–Trinajstić information content (AvgIpc) is 2.93. The van der Waals surface area contributed by atoms with E-state index >= 15 is 0 Å². The van der Waals surface area contributed by atoms with E-state index < -0.39 is 11.8 Å². The average molecular weight is 385 g/mol. The van der Waals surface area contributed by atoms with Gasteiger partial charge in [-0.15, -0.1) is 0 Å². The molecule has 0 atom stereocenters. The normalized spacial score (nSPS) is 18.6. The molecular weight excluding hydrogens is 364 g/mol. The van der Waals surface area contributed by atoms with Crippen LogP contribution in [0.25, 0.3) is 0 Å². The smallest absolute Gasteiger partial charge is 0.419 e. The molecule has 140 valence electrons. The Morgan fingerprint density at radius 2 is 1.78 bits per heavy atom. The summed E-state index contributed by atoms with van der Waals surface area (Å²) in [5, 5.41) is 3.46. The molecule has 2 amide bonds. The van der Waals surface area contributed by atoms with Crippen molar-refractivity contribution in [3.63, 3.8) is 0 Å². The highest BCUT2D eigenvalue weighted by Gasteiger charge is 2.55. The van der Waals surface area contributed by atoms with Crippen LogP contribution in [0, 0.1) is 0 Å². The van der Waals surface area contributed by atoms with Gasteiger partial charge in [0, 0.05) is 23.4 Å². The second kappa shape index (κ2) is 7.24. The third-order valence-corrected chi connectivity index (χ3v) is 5.42. The molecule has 2 fully saturated rings. The van der Waals surface area contributed by atoms with E-state index in [0.29, 0.717) is 23.4 Å². The van der Waals surface area contributed by atoms with Crippen molar-refractivity contribution in [3.05, 3.63) is 70.7 Å². The molecule has 0 N–H and O–H groups in total. The molecule has 1 aliphatic heterocycles. The summed E-state index contributed by atoms with van der Waals surface area (Å²) in [5.41, 5.74) is 0.485. The van der Waals surface area contributed by atoms with Gasteiger partial charge in [0.05, 0.1) is 6.54 Å². The molecule has 1 aliphatic carbocycles. The molecule has 27 heavy (non-hydrogen) atoms. The van der Waals surface area contributed by atoms with Crippen LogP contribution in [0.15, 0.2) is 54.6 Å². The van der Waals surface area contributed by atoms with Crippen molar-refractivity contribution in [2.45, 2.75) is 44.4 Å². The first-order valence-corrected chi connectivity index (χ1v) is 9.61. The number of benzene rings is 2. The molecule has 1 heterocycles. The molecule has 0 aromatic heterocycles. The molecule has 1 saturated heterocycles. The van der Waals surface area contributed by atoms with Gasteiger partial charge in [-0.3, -0.25) is 4.79 Å². The zero-order valence-corrected chi connectivity index (χ0v) is 15.7. The van der Waals surface area contributed by atoms with E-state index in [1.165, 1.54) is 10.0 Å². The van der Waals surface area contributed by atoms with E-state index in [1.54, 1.807) is 24.3 Å². The summed E-state index contributed by atoms with van der Waals surface area (Å²) in [6.45, 7) is 0.285. The molecule has 2 aromatic carbocycles. The van der Waals surface area contributed by atoms with Gasteiger partial charge in [0.2, 0.25) is 5.72 Å². The van der Waals surface area contributed by atoms with Crippen LogP contribution in [0.2, 0.25) is 5.02 Å². The summed E-state index contributed by atoms with van der Waals surface area (Å²) in [6, 6.07) is 16.4. The topological polar surface area (TPSA) is 49.9 Å². The van der Waals surface area contributed by atoms with Crippen molar-refractivity contribution in [1.29, 1.82) is 0 Å². The van der Waals surface area contributed by atoms with Crippen molar-refractivity contribution in [1.82, 2.24) is 10.0 Å². The summed E-state index contributed by atoms with van der Waals surface area (Å²) in [7, 11) is 0. The highest BCUT2D eigenvalue weighted by Crippen LogP contribution is 2.42. The molecule has 1 saturated carbocycles. The Morgan fingerprint density at radius 3 is 2.48 bits per heavy atom. The molecule has 5 nitrogen and oxygen atoms in total. The Bertz CT molecular complexity index is 850. The number of hydrogen-bond acceptors (Lipinski definition) is 3. The molecule has 0 unspecified atom stereocenters. The second-order valence-electron chi connectivity index (χ2n) is 7.05. The fourth-order valence-electron chi connectivity index (χ4n) is 3.91. The van der Waals surface area contributed by atoms with Gasteiger partial charge >= 0.3 is 6.09 Å². The first kappa shape index (κ1) is 17.9. The summed E-state index contributed by atoms with van der Waals surface area (Å²) in [6.07, 6.45) is 3.75. The maximum atomic E-state index is 13.4. The van der Waals surface area contributed by atoms with Crippen molar-refractivity contribution < 1.29 is 14.3 Å². The van der Waals surface area contributed by atoms with Gasteiger partial charge in [-0.05, 0) is 36.6 Å². The first-order valence-electron chi connectivity index (χ1n) is 9.24. The fourth-order valence-corrected chi connectivity index (χ4v) is 4.10. The van der Waals surface area contributed by atoms with Gasteiger partial charge in [0.15, 0.2) is 0 Å². The van der Waals surface area contributed by atoms with Crippen LogP contribution < -0.4 is 0 Å². The number of ether oxygens (including phenoxy) is 1. The molecule has 0 bridgehead atoms. The lowest BCUT2D eigenvalue weighted by Gasteiger charge is -2.40. The first-order chi connectivity index (χ1) is 13.1. The summed E-state index contributed by atoms with van der Waals surface area (Å²) >= 11 is 6.09. The second-order valence-corrected chi connectivity index (χ2v) is 7.48. The van der Waals surface area contributed by atoms with E-state index in [2.05, 4.69) is 0 Å². The highest BCUT2D eigenvalue weighted by molar-refractivity contribution is 6.31. The molecule has 6 heteroatoms. The number of nitrogens with zero attached hydrogens (tertiary/aromatic N) is 2. The maximum absolute atomic E-state index is 13.4. The molecule has 2 aliphatic rings. The van der Waals surface area contributed by atoms with Gasteiger partial charge in [0.25, 0.3) is 5.91 Å². The van der Waals surface area contributed by atoms with Crippen LogP contribution in [-0.2, 0) is 11.3 Å². The number of hydrogen-bond donors (Lipinski definition) is 0. The lowest BCUT2D eigenvalue weighted by atomic mass is 9.90. The zero-order valence-electron chi connectivity index (χ0n) is 14.9. The molecule has 2 aromatic rings. The molecular formula is C21H21ClN2O3. The third kappa shape index (κ3) is 3.39. The molecule has 0 radical (unpaired) electrons. The van der Waals surface area contributed by atoms with Crippen molar-refractivity contribution in [2.75, 3.05) is 0 Å². The Hall–Kier alpha value is -2.53. The maximum Gasteiger partial charge on any atom is 0.431 e. The van der Waals surface area contributed by atoms with Gasteiger partial charge in [-0.25, -0.2) is 14.8 Å². The Labute approximate surface area is 163 Å². The third-order valence-electron chi connectivity index (χ3n) is 5.19. The number of rotatable bonds is 3. The van der Waals surface area contributed by atoms with Crippen molar-refractivity contribution in [3.8, 4) is 0 Å². The number of carbonyl (C=O) groups excluding carboxylic acids is 2. The van der Waals surface area contributed by atoms with E-state index in [1.807, 2.05) is 30.3 Å². The largest absolute Gasteiger partial charge is 0.431 e. The van der Waals surface area contributed by atoms with Crippen molar-refractivity contribution >= 4 is 23.6 Å². The standard InChI is InChI=1S/C21H21ClN2O3/c22-18-11-7-10-17(14-18)19(25)24-21(12-5-2-6-13-21)27-20(26)23(24)15-16-8-3-1-4-9-16/h1,3-4,7-11,14H,2,5-6,12-13,15H2. The zero-order chi connectivity index (χ0) is 18.9. The number of carbonyl (C=O) groups is 2. The SMILES string of the molecule is O=C1OC2(CCCCC2)N(C(=O)c2cccc(Cl)c2)N1Cc1ccccc1. The minimum Gasteiger partial charge on any atom is -0.419 e. The summed E-state index contributed by atoms with van der Waals surface area (Å²) < 4.78 is 5.82. The lowest BCUT2D eigenvalue weighted by Crippen LogP contribution is -2.54. The summed E-state index contributed by atoms with van der Waals surface area (Å²) in [5.74, 6) is -0.263. The predicted molar refractivity (Wildman–Crippen MR) is 102 cm³/mol. The number of hydrazine groups is 1. The monoisotopic (exact) mass is 384 g/mol. The van der Waals surface area contributed by atoms with E-state index in [0.717, 1.165) is 24.8 Å². The van der Waals surface area contributed by atoms with Crippen molar-refractivity contribution in [2.24, 2.45) is 0 Å². The van der Waals surface area contributed by atoms with Crippen LogP contribution in [0.4, 0.5) is 4.79 Å². The van der Waals surface area contributed by atoms with Gasteiger partial charge in [-0.2, -0.15) is 0 Å². The van der Waals surface area contributed by atoms with Gasteiger partial charge < -0.3 is 4.74 Å². The van der Waals surface area contributed by atoms with E-state index in [9.17, 15) is 9.59 Å². The highest BCUT2D eigenvalue weighted by atomic mass is 35.5. The Balaban J connectivity index is 1.72. The van der Waals surface area contributed by atoms with Crippen LogP contribution in [0.1, 0.15) is 48.0 Å². The summed E-state index contributed by atoms with van der Waals surface area (Å²) in [4.78, 5) is 26.2. The lowest BCUT2D eigenvalue weighted by molar-refractivity contribution is -0.106. The van der Waals surface area contributed by atoms with E-state index in [-0.39, 0.29) is 12.5 Å². The van der Waals surface area contributed by atoms with Crippen LogP contribution in [-0.4, -0.2) is 27.7 Å². The van der Waals surface area contributed by atoms with E-state index in [4.69, 9.17) is 16.3 Å². The Kier molecular flexibility index (Phi) is 4.79. The quantitative estimate of drug-likeness (QED) is 0.747. The molecule has 1 spiro atoms. The van der Waals surface area contributed by atoms with Crippen LogP contribution in [0.3, 0.4) is 0 Å². The van der Waals surface area contributed by atoms with Crippen LogP contribution in [0.5, 0.6) is 0 Å². The predicted octanol–water partition coefficient (Wildman–Crippen LogP) is 5.01. The number of amides is 2. The van der Waals surface area contributed by atoms with Crippen LogP contribution >= 0.6 is 11.6 Å². The number of halogens is 1.